The average Bonchev–Trinajstić information content (AvgIpc) is 3.18. The van der Waals surface area contributed by atoms with Gasteiger partial charge in [0.05, 0.1) is 4.90 Å². The van der Waals surface area contributed by atoms with E-state index in [2.05, 4.69) is 10.3 Å². The molecular formula is C15H12N2O3S3. The number of benzene rings is 1. The van der Waals surface area contributed by atoms with Gasteiger partial charge in [-0.1, -0.05) is 6.07 Å². The normalized spacial score (nSPS) is 11.3. The number of thiazole rings is 1. The van der Waals surface area contributed by atoms with Crippen LogP contribution in [0.3, 0.4) is 0 Å². The quantitative estimate of drug-likeness (QED) is 0.768. The number of rotatable bonds is 4. The highest BCUT2D eigenvalue weighted by molar-refractivity contribution is 7.90. The maximum atomic E-state index is 12.2. The number of carbonyl (C=O) groups is 1. The molecule has 2 aromatic heterocycles. The van der Waals surface area contributed by atoms with Crippen LogP contribution < -0.4 is 5.32 Å². The van der Waals surface area contributed by atoms with Crippen LogP contribution in [0.25, 0.3) is 10.6 Å². The smallest absolute Gasteiger partial charge is 0.275 e. The number of anilines is 1. The summed E-state index contributed by atoms with van der Waals surface area (Å²) in [6, 6.07) is 8.09. The molecule has 0 aliphatic carbocycles. The van der Waals surface area contributed by atoms with E-state index in [1.807, 2.05) is 16.8 Å². The minimum atomic E-state index is -3.31. The molecule has 118 valence electrons. The van der Waals surface area contributed by atoms with Gasteiger partial charge in [0.25, 0.3) is 5.91 Å². The molecule has 23 heavy (non-hydrogen) atoms. The molecule has 3 rings (SSSR count). The fraction of sp³-hybridized carbons (Fsp3) is 0.0667. The van der Waals surface area contributed by atoms with Crippen LogP contribution in [0.4, 0.5) is 5.69 Å². The number of aromatic nitrogens is 1. The first-order valence-electron chi connectivity index (χ1n) is 6.53. The Morgan fingerprint density at radius 1 is 1.22 bits per heavy atom. The van der Waals surface area contributed by atoms with Crippen LogP contribution in [0.5, 0.6) is 0 Å². The molecule has 0 fully saturated rings. The number of nitrogens with one attached hydrogen (secondary N) is 1. The van der Waals surface area contributed by atoms with Gasteiger partial charge in [0.15, 0.2) is 9.84 Å². The van der Waals surface area contributed by atoms with E-state index in [4.69, 9.17) is 0 Å². The average molecular weight is 364 g/mol. The Balaban J connectivity index is 1.80. The zero-order valence-electron chi connectivity index (χ0n) is 12.0. The Bertz CT molecular complexity index is 944. The summed E-state index contributed by atoms with van der Waals surface area (Å²) in [5.41, 5.74) is 1.71. The zero-order chi connectivity index (χ0) is 16.4. The highest BCUT2D eigenvalue weighted by Crippen LogP contribution is 2.26. The largest absolute Gasteiger partial charge is 0.321 e. The van der Waals surface area contributed by atoms with Crippen LogP contribution in [0.15, 0.2) is 51.4 Å². The molecule has 5 nitrogen and oxygen atoms in total. The van der Waals surface area contributed by atoms with Crippen molar-refractivity contribution in [1.29, 1.82) is 0 Å². The van der Waals surface area contributed by atoms with E-state index in [-0.39, 0.29) is 10.8 Å². The molecule has 0 saturated carbocycles. The summed E-state index contributed by atoms with van der Waals surface area (Å²) in [6.45, 7) is 0. The van der Waals surface area contributed by atoms with E-state index in [9.17, 15) is 13.2 Å². The summed E-state index contributed by atoms with van der Waals surface area (Å²) in [5.74, 6) is -0.367. The van der Waals surface area contributed by atoms with Crippen LogP contribution in [0.2, 0.25) is 0 Å². The fourth-order valence-corrected chi connectivity index (χ4v) is 4.08. The zero-order valence-corrected chi connectivity index (χ0v) is 14.5. The van der Waals surface area contributed by atoms with Crippen LogP contribution in [-0.4, -0.2) is 25.6 Å². The maximum Gasteiger partial charge on any atom is 0.275 e. The molecule has 0 bridgehead atoms. The third-order valence-electron chi connectivity index (χ3n) is 3.03. The first-order chi connectivity index (χ1) is 10.9. The molecule has 2 heterocycles. The van der Waals surface area contributed by atoms with E-state index >= 15 is 0 Å². The predicted molar refractivity (Wildman–Crippen MR) is 92.9 cm³/mol. The maximum absolute atomic E-state index is 12.2. The van der Waals surface area contributed by atoms with E-state index in [0.29, 0.717) is 11.4 Å². The molecule has 1 N–H and O–H groups in total. The summed E-state index contributed by atoms with van der Waals surface area (Å²) >= 11 is 2.96. The number of sulfone groups is 1. The molecule has 1 amide bonds. The van der Waals surface area contributed by atoms with Crippen molar-refractivity contribution in [2.75, 3.05) is 11.6 Å². The van der Waals surface area contributed by atoms with Crippen molar-refractivity contribution < 1.29 is 13.2 Å². The predicted octanol–water partition coefficient (Wildman–Crippen LogP) is 3.53. The molecule has 0 radical (unpaired) electrons. The number of thiophene rings is 1. The highest BCUT2D eigenvalue weighted by atomic mass is 32.2. The minimum Gasteiger partial charge on any atom is -0.321 e. The molecule has 0 spiro atoms. The third-order valence-corrected chi connectivity index (χ3v) is 5.71. The molecular weight excluding hydrogens is 352 g/mol. The van der Waals surface area contributed by atoms with E-state index in [1.54, 1.807) is 28.8 Å². The molecule has 0 aliphatic heterocycles. The van der Waals surface area contributed by atoms with Crippen molar-refractivity contribution in [2.45, 2.75) is 4.90 Å². The second-order valence-corrected chi connectivity index (χ2v) is 8.46. The van der Waals surface area contributed by atoms with Gasteiger partial charge in [0.2, 0.25) is 0 Å². The second-order valence-electron chi connectivity index (χ2n) is 4.80. The Labute approximate surface area is 141 Å². The first-order valence-corrected chi connectivity index (χ1v) is 10.2. The van der Waals surface area contributed by atoms with Gasteiger partial charge in [-0.05, 0) is 29.6 Å². The molecule has 3 aromatic rings. The van der Waals surface area contributed by atoms with E-state index in [0.717, 1.165) is 16.8 Å². The number of nitrogens with zero attached hydrogens (tertiary/aromatic N) is 1. The monoisotopic (exact) mass is 364 g/mol. The Kier molecular flexibility index (Phi) is 4.29. The van der Waals surface area contributed by atoms with Crippen molar-refractivity contribution in [3.05, 3.63) is 52.2 Å². The van der Waals surface area contributed by atoms with E-state index < -0.39 is 9.84 Å². The summed E-state index contributed by atoms with van der Waals surface area (Å²) in [4.78, 5) is 16.7. The first kappa shape index (κ1) is 15.9. The highest BCUT2D eigenvalue weighted by Gasteiger charge is 2.14. The van der Waals surface area contributed by atoms with Gasteiger partial charge in [0.1, 0.15) is 10.7 Å². The molecule has 0 aliphatic rings. The van der Waals surface area contributed by atoms with Crippen LogP contribution >= 0.6 is 22.7 Å². The second kappa shape index (κ2) is 6.23. The number of carbonyl (C=O) groups excluding carboxylic acids is 1. The Hall–Kier alpha value is -2.03. The number of amides is 1. The van der Waals surface area contributed by atoms with Crippen molar-refractivity contribution >= 4 is 44.1 Å². The Morgan fingerprint density at radius 2 is 2.04 bits per heavy atom. The van der Waals surface area contributed by atoms with Crippen molar-refractivity contribution in [3.8, 4) is 10.6 Å². The lowest BCUT2D eigenvalue weighted by molar-refractivity contribution is 0.102. The van der Waals surface area contributed by atoms with Crippen molar-refractivity contribution in [1.82, 2.24) is 4.98 Å². The van der Waals surface area contributed by atoms with Crippen LogP contribution in [0, 0.1) is 0 Å². The van der Waals surface area contributed by atoms with Gasteiger partial charge in [0, 0.05) is 28.3 Å². The van der Waals surface area contributed by atoms with Crippen LogP contribution in [-0.2, 0) is 9.84 Å². The number of hydrogen-bond acceptors (Lipinski definition) is 6. The lowest BCUT2D eigenvalue weighted by atomic mass is 10.3. The van der Waals surface area contributed by atoms with Crippen LogP contribution in [0.1, 0.15) is 10.5 Å². The Morgan fingerprint density at radius 3 is 2.74 bits per heavy atom. The van der Waals surface area contributed by atoms with Gasteiger partial charge in [-0.25, -0.2) is 13.4 Å². The molecule has 1 aromatic carbocycles. The SMILES string of the molecule is CS(=O)(=O)c1cccc(NC(=O)c2csc(-c3ccsc3)n2)c1. The summed E-state index contributed by atoms with van der Waals surface area (Å²) in [5, 5.41) is 9.05. The molecule has 8 heteroatoms. The van der Waals surface area contributed by atoms with Crippen molar-refractivity contribution in [3.63, 3.8) is 0 Å². The van der Waals surface area contributed by atoms with Gasteiger partial charge in [-0.2, -0.15) is 11.3 Å². The lowest BCUT2D eigenvalue weighted by Gasteiger charge is -2.05. The topological polar surface area (TPSA) is 76.1 Å². The molecule has 0 unspecified atom stereocenters. The summed E-state index contributed by atoms with van der Waals surface area (Å²) in [7, 11) is -3.31. The van der Waals surface area contributed by atoms with Gasteiger partial charge >= 0.3 is 0 Å². The summed E-state index contributed by atoms with van der Waals surface area (Å²) in [6.07, 6.45) is 1.13. The third kappa shape index (κ3) is 3.66. The standard InChI is InChI=1S/C15H12N2O3S3/c1-23(19,20)12-4-2-3-11(7-12)16-14(18)13-9-22-15(17-13)10-5-6-21-8-10/h2-9H,1H3,(H,16,18). The fourth-order valence-electron chi connectivity index (χ4n) is 1.90. The van der Waals surface area contributed by atoms with Gasteiger partial charge in [-0.15, -0.1) is 11.3 Å². The van der Waals surface area contributed by atoms with Crippen molar-refractivity contribution in [2.24, 2.45) is 0 Å². The van der Waals surface area contributed by atoms with E-state index in [1.165, 1.54) is 23.5 Å². The van der Waals surface area contributed by atoms with Gasteiger partial charge in [-0.3, -0.25) is 4.79 Å². The van der Waals surface area contributed by atoms with Gasteiger partial charge < -0.3 is 5.32 Å². The molecule has 0 atom stereocenters. The number of hydrogen-bond donors (Lipinski definition) is 1. The lowest BCUT2D eigenvalue weighted by Crippen LogP contribution is -2.12. The molecule has 0 saturated heterocycles. The summed E-state index contributed by atoms with van der Waals surface area (Å²) < 4.78 is 23.1. The minimum absolute atomic E-state index is 0.160.